The van der Waals surface area contributed by atoms with Gasteiger partial charge in [-0.3, -0.25) is 4.79 Å². The zero-order valence-electron chi connectivity index (χ0n) is 23.5. The predicted octanol–water partition coefficient (Wildman–Crippen LogP) is 3.47. The summed E-state index contributed by atoms with van der Waals surface area (Å²) in [4.78, 5) is 30.7. The number of halogens is 1. The molecule has 5 rings (SSSR count). The molecular formula is C30H38FN7O2. The number of amides is 1. The van der Waals surface area contributed by atoms with Crippen LogP contribution >= 0.6 is 0 Å². The minimum Gasteiger partial charge on any atom is -0.462 e. The number of nitriles is 1. The number of hydrogen-bond acceptors (Lipinski definition) is 8. The van der Waals surface area contributed by atoms with Gasteiger partial charge in [0.2, 0.25) is 5.91 Å². The summed E-state index contributed by atoms with van der Waals surface area (Å²) in [6.07, 6.45) is 5.41. The van der Waals surface area contributed by atoms with Gasteiger partial charge >= 0.3 is 6.01 Å². The van der Waals surface area contributed by atoms with Crippen LogP contribution in [0.2, 0.25) is 0 Å². The molecular weight excluding hydrogens is 509 g/mol. The third kappa shape index (κ3) is 5.75. The molecule has 2 fully saturated rings. The van der Waals surface area contributed by atoms with Crippen LogP contribution in [0.3, 0.4) is 0 Å². The number of hydrogen-bond donors (Lipinski definition) is 0. The van der Waals surface area contributed by atoms with Gasteiger partial charge in [-0.1, -0.05) is 12.6 Å². The second-order valence-corrected chi connectivity index (χ2v) is 10.9. The van der Waals surface area contributed by atoms with Crippen LogP contribution in [0.5, 0.6) is 6.01 Å². The molecule has 3 aliphatic rings. The molecule has 0 aliphatic carbocycles. The summed E-state index contributed by atoms with van der Waals surface area (Å²) in [5.74, 6) is 0.434. The van der Waals surface area contributed by atoms with Crippen LogP contribution in [0, 0.1) is 24.1 Å². The van der Waals surface area contributed by atoms with Gasteiger partial charge in [0.1, 0.15) is 18.2 Å². The number of piperazine rings is 1. The van der Waals surface area contributed by atoms with Crippen molar-refractivity contribution in [1.82, 2.24) is 19.8 Å². The molecule has 40 heavy (non-hydrogen) atoms. The van der Waals surface area contributed by atoms with Crippen molar-refractivity contribution in [3.05, 3.63) is 53.5 Å². The summed E-state index contributed by atoms with van der Waals surface area (Å²) < 4.78 is 20.7. The highest BCUT2D eigenvalue weighted by Crippen LogP contribution is 2.33. The number of ether oxygens (including phenoxy) is 1. The van der Waals surface area contributed by atoms with Crippen molar-refractivity contribution in [2.45, 2.75) is 57.7 Å². The van der Waals surface area contributed by atoms with E-state index in [4.69, 9.17) is 14.7 Å². The molecule has 2 saturated heterocycles. The molecule has 1 aromatic carbocycles. The number of rotatable bonds is 7. The molecule has 1 aromatic heterocycles. The number of fused-ring (bicyclic) bond motifs is 1. The van der Waals surface area contributed by atoms with E-state index in [1.54, 1.807) is 11.0 Å². The van der Waals surface area contributed by atoms with Crippen molar-refractivity contribution in [3.63, 3.8) is 0 Å². The van der Waals surface area contributed by atoms with Crippen LogP contribution in [0.4, 0.5) is 15.9 Å². The number of carbonyl (C=O) groups is 1. The zero-order valence-corrected chi connectivity index (χ0v) is 23.5. The lowest BCUT2D eigenvalue weighted by Gasteiger charge is -2.41. The molecule has 0 N–H and O–H groups in total. The molecule has 2 atom stereocenters. The highest BCUT2D eigenvalue weighted by atomic mass is 19.1. The second kappa shape index (κ2) is 12.2. The Morgan fingerprint density at radius 3 is 2.80 bits per heavy atom. The number of aromatic nitrogens is 2. The maximum atomic E-state index is 14.5. The average Bonchev–Trinajstić information content (AvgIpc) is 3.25. The van der Waals surface area contributed by atoms with E-state index in [1.807, 2.05) is 13.0 Å². The Bertz CT molecular complexity index is 1300. The summed E-state index contributed by atoms with van der Waals surface area (Å²) >= 11 is 0. The van der Waals surface area contributed by atoms with Gasteiger partial charge in [0.25, 0.3) is 0 Å². The average molecular weight is 548 g/mol. The normalized spacial score (nSPS) is 21.5. The lowest BCUT2D eigenvalue weighted by molar-refractivity contribution is -0.128. The predicted molar refractivity (Wildman–Crippen MR) is 152 cm³/mol. The first kappa shape index (κ1) is 27.8. The van der Waals surface area contributed by atoms with Gasteiger partial charge < -0.3 is 24.3 Å². The SMILES string of the molecule is C=CC(=O)N1CCN(c2nc(OC[C@@H]3CCCN3C)nc3c2CCCN(c2cccc(F)c2C)C3)C[C@@H]1CC#N. The smallest absolute Gasteiger partial charge is 0.318 e. The van der Waals surface area contributed by atoms with Crippen molar-refractivity contribution < 1.29 is 13.9 Å². The number of carbonyl (C=O) groups excluding carboxylic acids is 1. The Labute approximate surface area is 235 Å². The van der Waals surface area contributed by atoms with Crippen LogP contribution < -0.4 is 14.5 Å². The summed E-state index contributed by atoms with van der Waals surface area (Å²) in [5.41, 5.74) is 3.43. The minimum absolute atomic E-state index is 0.160. The fourth-order valence-corrected chi connectivity index (χ4v) is 6.15. The quantitative estimate of drug-likeness (QED) is 0.487. The molecule has 9 nitrogen and oxygen atoms in total. The lowest BCUT2D eigenvalue weighted by Crippen LogP contribution is -2.55. The lowest BCUT2D eigenvalue weighted by atomic mass is 10.1. The molecule has 10 heteroatoms. The number of nitrogens with zero attached hydrogens (tertiary/aromatic N) is 7. The van der Waals surface area contributed by atoms with Crippen molar-refractivity contribution in [3.8, 4) is 12.1 Å². The van der Waals surface area contributed by atoms with E-state index in [1.165, 1.54) is 12.1 Å². The summed E-state index contributed by atoms with van der Waals surface area (Å²) in [6, 6.07) is 7.84. The highest BCUT2D eigenvalue weighted by molar-refractivity contribution is 5.87. The molecule has 1 amide bonds. The number of likely N-dealkylation sites (tertiary alicyclic amines) is 1. The van der Waals surface area contributed by atoms with E-state index in [-0.39, 0.29) is 24.2 Å². The van der Waals surface area contributed by atoms with Gasteiger partial charge in [-0.05, 0) is 64.4 Å². The first-order chi connectivity index (χ1) is 19.4. The Kier molecular flexibility index (Phi) is 8.50. The van der Waals surface area contributed by atoms with Crippen molar-refractivity contribution in [2.75, 3.05) is 56.2 Å². The summed E-state index contributed by atoms with van der Waals surface area (Å²) in [7, 11) is 2.11. The van der Waals surface area contributed by atoms with E-state index in [0.717, 1.165) is 61.5 Å². The Balaban J connectivity index is 1.49. The Morgan fingerprint density at radius 1 is 1.20 bits per heavy atom. The topological polar surface area (TPSA) is 88.8 Å². The second-order valence-electron chi connectivity index (χ2n) is 10.9. The van der Waals surface area contributed by atoms with Crippen LogP contribution in [-0.4, -0.2) is 84.1 Å². The van der Waals surface area contributed by atoms with Gasteiger partial charge in [0.05, 0.1) is 30.8 Å². The molecule has 0 saturated carbocycles. The van der Waals surface area contributed by atoms with E-state index in [0.29, 0.717) is 50.4 Å². The highest BCUT2D eigenvalue weighted by Gasteiger charge is 2.33. The molecule has 0 radical (unpaired) electrons. The molecule has 212 valence electrons. The number of likely N-dealkylation sites (N-methyl/N-ethyl adjacent to an activating group) is 1. The van der Waals surface area contributed by atoms with Gasteiger partial charge in [-0.25, -0.2) is 4.39 Å². The van der Waals surface area contributed by atoms with Gasteiger partial charge in [0, 0.05) is 49.0 Å². The minimum atomic E-state index is -0.261. The van der Waals surface area contributed by atoms with E-state index >= 15 is 0 Å². The molecule has 0 unspecified atom stereocenters. The van der Waals surface area contributed by atoms with Crippen molar-refractivity contribution in [2.24, 2.45) is 0 Å². The molecule has 0 bridgehead atoms. The fourth-order valence-electron chi connectivity index (χ4n) is 6.15. The molecule has 0 spiro atoms. The van der Waals surface area contributed by atoms with E-state index < -0.39 is 0 Å². The van der Waals surface area contributed by atoms with E-state index in [2.05, 4.69) is 34.4 Å². The Morgan fingerprint density at radius 2 is 2.05 bits per heavy atom. The third-order valence-corrected chi connectivity index (χ3v) is 8.47. The standard InChI is InChI=1S/C30H38FN7O2/c1-4-28(39)38-17-16-37(18-22(38)12-13-32)29-24-9-7-15-36(27-11-5-10-25(31)21(27)2)19-26(24)33-30(34-29)40-20-23-8-6-14-35(23)3/h4-5,10-11,22-23H,1,6-9,12,14-20H2,2-3H3/t22-,23-/m0/s1. The maximum absolute atomic E-state index is 14.5. The van der Waals surface area contributed by atoms with Crippen molar-refractivity contribution >= 4 is 17.4 Å². The zero-order chi connectivity index (χ0) is 28.2. The van der Waals surface area contributed by atoms with Crippen LogP contribution in [-0.2, 0) is 17.8 Å². The van der Waals surface area contributed by atoms with Crippen LogP contribution in [0.25, 0.3) is 0 Å². The number of anilines is 2. The maximum Gasteiger partial charge on any atom is 0.318 e. The fraction of sp³-hybridized carbons (Fsp3) is 0.533. The Hall–Kier alpha value is -3.71. The van der Waals surface area contributed by atoms with Gasteiger partial charge in [0.15, 0.2) is 0 Å². The third-order valence-electron chi connectivity index (χ3n) is 8.47. The van der Waals surface area contributed by atoms with Gasteiger partial charge in [-0.2, -0.15) is 15.2 Å². The van der Waals surface area contributed by atoms with Crippen molar-refractivity contribution in [1.29, 1.82) is 5.26 Å². The van der Waals surface area contributed by atoms with E-state index in [9.17, 15) is 14.4 Å². The summed E-state index contributed by atoms with van der Waals surface area (Å²) in [6.45, 7) is 9.86. The molecule has 2 aromatic rings. The molecule has 4 heterocycles. The largest absolute Gasteiger partial charge is 0.462 e. The van der Waals surface area contributed by atoms with Gasteiger partial charge in [-0.15, -0.1) is 0 Å². The van der Waals surface area contributed by atoms with Crippen LogP contribution in [0.15, 0.2) is 30.9 Å². The number of benzene rings is 1. The summed E-state index contributed by atoms with van der Waals surface area (Å²) in [5, 5.41) is 9.48. The first-order valence-electron chi connectivity index (χ1n) is 14.2. The first-order valence-corrected chi connectivity index (χ1v) is 14.2. The molecule has 3 aliphatic heterocycles. The monoisotopic (exact) mass is 547 g/mol. The van der Waals surface area contributed by atoms with Crippen LogP contribution in [0.1, 0.15) is 42.5 Å².